The fourth-order valence-electron chi connectivity index (χ4n) is 2.59. The molecule has 1 aromatic rings. The van der Waals surface area contributed by atoms with Crippen molar-refractivity contribution in [3.05, 3.63) is 35.9 Å². The number of rotatable bonds is 4. The van der Waals surface area contributed by atoms with Gasteiger partial charge in [0.2, 0.25) is 0 Å². The van der Waals surface area contributed by atoms with E-state index in [1.165, 1.54) is 9.96 Å². The highest BCUT2D eigenvalue weighted by Gasteiger charge is 2.52. The molecular weight excluding hydrogens is 248 g/mol. The number of carboxylic acid groups (broad SMARTS) is 1. The van der Waals surface area contributed by atoms with E-state index in [0.717, 1.165) is 5.56 Å². The highest BCUT2D eigenvalue weighted by molar-refractivity contribution is 5.85. The highest BCUT2D eigenvalue weighted by atomic mass is 16.7. The molecule has 6 heteroatoms. The summed E-state index contributed by atoms with van der Waals surface area (Å²) < 4.78 is 0. The van der Waals surface area contributed by atoms with E-state index in [1.807, 2.05) is 30.3 Å². The smallest absolute Gasteiger partial charge is 0.345 e. The zero-order valence-corrected chi connectivity index (χ0v) is 10.2. The molecule has 2 fully saturated rings. The number of urea groups is 1. The van der Waals surface area contributed by atoms with Crippen molar-refractivity contribution in [2.24, 2.45) is 0 Å². The molecule has 3 rings (SSSR count). The van der Waals surface area contributed by atoms with E-state index in [-0.39, 0.29) is 12.1 Å². The monoisotopic (exact) mass is 262 g/mol. The summed E-state index contributed by atoms with van der Waals surface area (Å²) in [5, 5.41) is 10.3. The normalized spacial score (nSPS) is 25.2. The SMILES string of the molecule is O=C(O)[C@@H]1C[C@H]2CN1C(=O)N2OCc1ccccc1. The van der Waals surface area contributed by atoms with E-state index >= 15 is 0 Å². The van der Waals surface area contributed by atoms with Crippen LogP contribution in [0.4, 0.5) is 4.79 Å². The van der Waals surface area contributed by atoms with Gasteiger partial charge < -0.3 is 10.0 Å². The number of carbonyl (C=O) groups excluding carboxylic acids is 1. The van der Waals surface area contributed by atoms with Gasteiger partial charge in [-0.15, -0.1) is 0 Å². The number of nitrogens with zero attached hydrogens (tertiary/aromatic N) is 2. The molecule has 2 atom stereocenters. The van der Waals surface area contributed by atoms with Crippen molar-refractivity contribution in [1.29, 1.82) is 0 Å². The lowest BCUT2D eigenvalue weighted by Gasteiger charge is -2.29. The number of hydroxylamine groups is 2. The highest BCUT2D eigenvalue weighted by Crippen LogP contribution is 2.32. The minimum Gasteiger partial charge on any atom is -0.480 e. The van der Waals surface area contributed by atoms with Crippen molar-refractivity contribution in [1.82, 2.24) is 9.96 Å². The Morgan fingerprint density at radius 2 is 2.11 bits per heavy atom. The molecule has 2 aliphatic heterocycles. The van der Waals surface area contributed by atoms with Crippen LogP contribution in [0.1, 0.15) is 12.0 Å². The first-order chi connectivity index (χ1) is 9.16. The third kappa shape index (κ3) is 2.04. The lowest BCUT2D eigenvalue weighted by Crippen LogP contribution is -2.48. The molecule has 0 unspecified atom stereocenters. The molecule has 0 aromatic heterocycles. The molecule has 0 radical (unpaired) electrons. The van der Waals surface area contributed by atoms with Crippen molar-refractivity contribution < 1.29 is 19.5 Å². The quantitative estimate of drug-likeness (QED) is 0.881. The number of amides is 2. The van der Waals surface area contributed by atoms with Gasteiger partial charge in [0.1, 0.15) is 12.6 Å². The molecular formula is C13H14N2O4. The fourth-order valence-corrected chi connectivity index (χ4v) is 2.59. The maximum Gasteiger partial charge on any atom is 0.345 e. The van der Waals surface area contributed by atoms with Crippen LogP contribution in [0.15, 0.2) is 30.3 Å². The van der Waals surface area contributed by atoms with Crippen LogP contribution < -0.4 is 0 Å². The predicted molar refractivity (Wildman–Crippen MR) is 65.0 cm³/mol. The second-order valence-electron chi connectivity index (χ2n) is 4.76. The van der Waals surface area contributed by atoms with Gasteiger partial charge in [0, 0.05) is 13.0 Å². The van der Waals surface area contributed by atoms with Crippen LogP contribution in [0.3, 0.4) is 0 Å². The Labute approximate surface area is 110 Å². The minimum absolute atomic E-state index is 0.155. The Hall–Kier alpha value is -2.08. The van der Waals surface area contributed by atoms with E-state index in [1.54, 1.807) is 0 Å². The lowest BCUT2D eigenvalue weighted by atomic mass is 10.1. The number of hydrogen-bond donors (Lipinski definition) is 1. The summed E-state index contributed by atoms with van der Waals surface area (Å²) in [5.41, 5.74) is 0.975. The zero-order valence-electron chi connectivity index (χ0n) is 10.2. The number of fused-ring (bicyclic) bond motifs is 2. The van der Waals surface area contributed by atoms with Gasteiger partial charge in [-0.05, 0) is 5.56 Å². The van der Waals surface area contributed by atoms with Crippen molar-refractivity contribution in [2.45, 2.75) is 25.1 Å². The molecule has 2 amide bonds. The van der Waals surface area contributed by atoms with Gasteiger partial charge in [-0.1, -0.05) is 30.3 Å². The van der Waals surface area contributed by atoms with Gasteiger partial charge in [0.15, 0.2) is 0 Å². The average molecular weight is 262 g/mol. The van der Waals surface area contributed by atoms with Crippen molar-refractivity contribution in [3.8, 4) is 0 Å². The molecule has 1 aromatic carbocycles. The maximum atomic E-state index is 12.0. The van der Waals surface area contributed by atoms with E-state index < -0.39 is 12.0 Å². The number of carbonyl (C=O) groups is 2. The zero-order chi connectivity index (χ0) is 13.4. The summed E-state index contributed by atoms with van der Waals surface area (Å²) in [6.07, 6.45) is 0.426. The first kappa shape index (κ1) is 12.0. The largest absolute Gasteiger partial charge is 0.480 e. The maximum absolute atomic E-state index is 12.0. The number of carboxylic acids is 1. The summed E-state index contributed by atoms with van der Waals surface area (Å²) in [6, 6.07) is 8.35. The van der Waals surface area contributed by atoms with Crippen LogP contribution in [0, 0.1) is 0 Å². The van der Waals surface area contributed by atoms with Gasteiger partial charge >= 0.3 is 12.0 Å². The van der Waals surface area contributed by atoms with Gasteiger partial charge in [-0.3, -0.25) is 4.84 Å². The number of benzene rings is 1. The van der Waals surface area contributed by atoms with Gasteiger partial charge in [0.05, 0.1) is 6.04 Å². The topological polar surface area (TPSA) is 70.1 Å². The Bertz CT molecular complexity index is 505. The third-order valence-corrected chi connectivity index (χ3v) is 3.54. The summed E-state index contributed by atoms with van der Waals surface area (Å²) in [5.74, 6) is -0.946. The first-order valence-electron chi connectivity index (χ1n) is 6.16. The van der Waals surface area contributed by atoms with Gasteiger partial charge in [-0.2, -0.15) is 5.06 Å². The predicted octanol–water partition coefficient (Wildman–Crippen LogP) is 1.08. The van der Waals surface area contributed by atoms with Crippen LogP contribution in [0.25, 0.3) is 0 Å². The van der Waals surface area contributed by atoms with E-state index in [0.29, 0.717) is 19.6 Å². The summed E-state index contributed by atoms with van der Waals surface area (Å²) in [6.45, 7) is 0.749. The Morgan fingerprint density at radius 1 is 1.37 bits per heavy atom. The van der Waals surface area contributed by atoms with Crippen molar-refractivity contribution >= 4 is 12.0 Å². The van der Waals surface area contributed by atoms with Crippen molar-refractivity contribution in [3.63, 3.8) is 0 Å². The van der Waals surface area contributed by atoms with E-state index in [2.05, 4.69) is 0 Å². The first-order valence-corrected chi connectivity index (χ1v) is 6.16. The molecule has 0 spiro atoms. The Morgan fingerprint density at radius 3 is 2.74 bits per heavy atom. The molecule has 1 N–H and O–H groups in total. The Balaban J connectivity index is 1.63. The number of hydrogen-bond acceptors (Lipinski definition) is 3. The lowest BCUT2D eigenvalue weighted by molar-refractivity contribution is -0.156. The van der Waals surface area contributed by atoms with Crippen LogP contribution in [-0.4, -0.2) is 45.7 Å². The Kier molecular flexibility index (Phi) is 2.87. The van der Waals surface area contributed by atoms with Crippen LogP contribution in [0.2, 0.25) is 0 Å². The molecule has 0 aliphatic carbocycles. The third-order valence-electron chi connectivity index (χ3n) is 3.54. The molecule has 2 bridgehead atoms. The van der Waals surface area contributed by atoms with Crippen LogP contribution >= 0.6 is 0 Å². The second kappa shape index (κ2) is 4.55. The van der Waals surface area contributed by atoms with Gasteiger partial charge in [0.25, 0.3) is 0 Å². The average Bonchev–Trinajstić information content (AvgIpc) is 2.96. The summed E-state index contributed by atoms with van der Waals surface area (Å²) in [4.78, 5) is 29.8. The molecule has 100 valence electrons. The summed E-state index contributed by atoms with van der Waals surface area (Å²) >= 11 is 0. The second-order valence-corrected chi connectivity index (χ2v) is 4.76. The fraction of sp³-hybridized carbons (Fsp3) is 0.385. The molecule has 0 saturated carbocycles. The number of aliphatic carboxylic acids is 1. The van der Waals surface area contributed by atoms with Crippen LogP contribution in [0.5, 0.6) is 0 Å². The van der Waals surface area contributed by atoms with Crippen LogP contribution in [-0.2, 0) is 16.2 Å². The standard InChI is InChI=1S/C13H14N2O4/c16-12(17)11-6-10-7-14(11)13(18)15(10)19-8-9-4-2-1-3-5-9/h1-5,10-11H,6-8H2,(H,16,17)/t10-,11-/m0/s1. The minimum atomic E-state index is -0.946. The van der Waals surface area contributed by atoms with E-state index in [4.69, 9.17) is 9.94 Å². The van der Waals surface area contributed by atoms with Crippen molar-refractivity contribution in [2.75, 3.05) is 6.54 Å². The molecule has 2 saturated heterocycles. The molecule has 6 nitrogen and oxygen atoms in total. The van der Waals surface area contributed by atoms with E-state index in [9.17, 15) is 9.59 Å². The molecule has 2 heterocycles. The molecule has 2 aliphatic rings. The van der Waals surface area contributed by atoms with Gasteiger partial charge in [-0.25, -0.2) is 9.59 Å². The molecule has 19 heavy (non-hydrogen) atoms. The summed E-state index contributed by atoms with van der Waals surface area (Å²) in [7, 11) is 0.